The lowest BCUT2D eigenvalue weighted by atomic mass is 9.63. The van der Waals surface area contributed by atoms with E-state index in [0.717, 1.165) is 62.2 Å². The summed E-state index contributed by atoms with van der Waals surface area (Å²) in [6.45, 7) is 5.65. The number of amides is 1. The topological polar surface area (TPSA) is 95.9 Å². The molecule has 7 atom stereocenters. The Labute approximate surface area is 254 Å². The zero-order valence-electron chi connectivity index (χ0n) is 24.4. The summed E-state index contributed by atoms with van der Waals surface area (Å²) in [4.78, 5) is 15.7. The van der Waals surface area contributed by atoms with Crippen molar-refractivity contribution in [3.8, 4) is 5.75 Å². The lowest BCUT2D eigenvalue weighted by Crippen LogP contribution is -2.53. The van der Waals surface area contributed by atoms with Gasteiger partial charge >= 0.3 is 0 Å². The molecule has 7 nitrogen and oxygen atoms in total. The summed E-state index contributed by atoms with van der Waals surface area (Å²) >= 11 is 6.40. The zero-order valence-corrected chi connectivity index (χ0v) is 26.0. The number of sulfonamides is 1. The van der Waals surface area contributed by atoms with E-state index in [-0.39, 0.29) is 17.3 Å². The fourth-order valence-electron chi connectivity index (χ4n) is 8.55. The molecule has 2 heterocycles. The van der Waals surface area contributed by atoms with Crippen LogP contribution in [0.15, 0.2) is 36.4 Å². The molecule has 2 aromatic rings. The first-order valence-corrected chi connectivity index (χ1v) is 17.5. The molecule has 2 aromatic carbocycles. The molecular formula is C33H41ClN2O5S. The molecule has 3 aliphatic carbocycles. The molecule has 2 unspecified atom stereocenters. The number of hydrogen-bond acceptors (Lipinski definition) is 6. The lowest BCUT2D eigenvalue weighted by molar-refractivity contribution is -0.0868. The summed E-state index contributed by atoms with van der Waals surface area (Å²) in [7, 11) is -3.85. The summed E-state index contributed by atoms with van der Waals surface area (Å²) in [6.07, 6.45) is 7.19. The highest BCUT2D eigenvalue weighted by molar-refractivity contribution is 7.90. The molecule has 7 rings (SSSR count). The minimum absolute atomic E-state index is 0.189. The fraction of sp³-hybridized carbons (Fsp3) is 0.606. The Balaban J connectivity index is 1.31. The summed E-state index contributed by atoms with van der Waals surface area (Å²) in [6, 6.07) is 11.5. The van der Waals surface area contributed by atoms with Gasteiger partial charge in [0, 0.05) is 29.1 Å². The number of nitrogens with one attached hydrogen (secondary N) is 1. The molecule has 2 aliphatic heterocycles. The predicted molar refractivity (Wildman–Crippen MR) is 164 cm³/mol. The molecular weight excluding hydrogens is 572 g/mol. The minimum Gasteiger partial charge on any atom is -0.490 e. The van der Waals surface area contributed by atoms with Gasteiger partial charge in [0.25, 0.3) is 5.91 Å². The van der Waals surface area contributed by atoms with Crippen LogP contribution in [0.4, 0.5) is 5.69 Å². The Bertz CT molecular complexity index is 1530. The third-order valence-corrected chi connectivity index (χ3v) is 13.3. The van der Waals surface area contributed by atoms with Crippen LogP contribution < -0.4 is 14.4 Å². The standard InChI is InChI=1S/C33H41ClN2O5S/c1-20-5-6-22-15-28(22)32(2,38)26-10-7-24(26)17-36-18-33(13-3-4-21-14-25(34)9-11-27(21)33)19-41-30-12-8-23(16-29(30)36)31(37)35-42(20,39)40/h8-9,11-12,14,16,20,22,24,26,28,38H,3-7,10,13,15,17-19H2,1-2H3,(H,35,37)/t20-,22?,24+,26-,28?,32+,33+/m1/s1. The van der Waals surface area contributed by atoms with Gasteiger partial charge in [0.2, 0.25) is 10.0 Å². The van der Waals surface area contributed by atoms with Crippen molar-refractivity contribution >= 4 is 33.2 Å². The average Bonchev–Trinajstić information content (AvgIpc) is 3.73. The maximum atomic E-state index is 13.3. The molecule has 0 aromatic heterocycles. The number of aryl methyl sites for hydroxylation is 1. The number of aliphatic hydroxyl groups is 1. The second kappa shape index (κ2) is 10.1. The lowest BCUT2D eigenvalue weighted by Gasteiger charge is -2.49. The van der Waals surface area contributed by atoms with Gasteiger partial charge in [0.05, 0.1) is 23.1 Å². The fourth-order valence-corrected chi connectivity index (χ4v) is 9.76. The number of carbonyl (C=O) groups excluding carboxylic acids is 1. The highest BCUT2D eigenvalue weighted by atomic mass is 35.5. The van der Waals surface area contributed by atoms with Crippen LogP contribution in [0.3, 0.4) is 0 Å². The van der Waals surface area contributed by atoms with Gasteiger partial charge in [0.1, 0.15) is 5.75 Å². The summed E-state index contributed by atoms with van der Waals surface area (Å²) in [5.74, 6) is 1.11. The van der Waals surface area contributed by atoms with E-state index in [0.29, 0.717) is 42.7 Å². The molecule has 226 valence electrons. The van der Waals surface area contributed by atoms with E-state index < -0.39 is 26.8 Å². The van der Waals surface area contributed by atoms with Crippen molar-refractivity contribution in [2.75, 3.05) is 24.6 Å². The van der Waals surface area contributed by atoms with Gasteiger partial charge in [0.15, 0.2) is 0 Å². The van der Waals surface area contributed by atoms with E-state index in [9.17, 15) is 18.3 Å². The van der Waals surface area contributed by atoms with Crippen LogP contribution in [0.25, 0.3) is 0 Å². The first kappa shape index (κ1) is 28.5. The highest BCUT2D eigenvalue weighted by Crippen LogP contribution is 2.57. The third-order valence-electron chi connectivity index (χ3n) is 11.3. The van der Waals surface area contributed by atoms with Crippen molar-refractivity contribution in [3.05, 3.63) is 58.1 Å². The molecule has 2 bridgehead atoms. The number of hydrogen-bond donors (Lipinski definition) is 2. The number of anilines is 1. The molecule has 5 aliphatic rings. The Hall–Kier alpha value is -2.29. The number of halogens is 1. The van der Waals surface area contributed by atoms with E-state index in [4.69, 9.17) is 16.3 Å². The third kappa shape index (κ3) is 4.82. The van der Waals surface area contributed by atoms with Crippen LogP contribution in [0.1, 0.15) is 80.3 Å². The predicted octanol–water partition coefficient (Wildman–Crippen LogP) is 5.47. The monoisotopic (exact) mass is 612 g/mol. The molecule has 0 radical (unpaired) electrons. The first-order valence-electron chi connectivity index (χ1n) is 15.6. The first-order chi connectivity index (χ1) is 20.0. The quantitative estimate of drug-likeness (QED) is 0.410. The summed E-state index contributed by atoms with van der Waals surface area (Å²) < 4.78 is 35.1. The Morgan fingerprint density at radius 2 is 1.88 bits per heavy atom. The van der Waals surface area contributed by atoms with Crippen molar-refractivity contribution in [1.82, 2.24) is 4.72 Å². The van der Waals surface area contributed by atoms with Crippen LogP contribution in [0.5, 0.6) is 5.75 Å². The molecule has 42 heavy (non-hydrogen) atoms. The number of fused-ring (bicyclic) bond motifs is 5. The van der Waals surface area contributed by atoms with Gasteiger partial charge in [-0.25, -0.2) is 13.1 Å². The van der Waals surface area contributed by atoms with Crippen LogP contribution in [-0.2, 0) is 21.9 Å². The van der Waals surface area contributed by atoms with Gasteiger partial charge in [-0.15, -0.1) is 0 Å². The van der Waals surface area contributed by atoms with Crippen molar-refractivity contribution in [1.29, 1.82) is 0 Å². The molecule has 1 amide bonds. The minimum atomic E-state index is -3.85. The number of carbonyl (C=O) groups is 1. The maximum Gasteiger partial charge on any atom is 0.264 e. The van der Waals surface area contributed by atoms with Gasteiger partial charge in [-0.05, 0) is 130 Å². The largest absolute Gasteiger partial charge is 0.490 e. The molecule has 2 N–H and O–H groups in total. The normalized spacial score (nSPS) is 37.2. The van der Waals surface area contributed by atoms with Crippen molar-refractivity contribution in [2.45, 2.75) is 81.5 Å². The van der Waals surface area contributed by atoms with Crippen LogP contribution in [0.2, 0.25) is 5.02 Å². The highest BCUT2D eigenvalue weighted by Gasteiger charge is 2.56. The molecule has 2 fully saturated rings. The Morgan fingerprint density at radius 3 is 2.67 bits per heavy atom. The van der Waals surface area contributed by atoms with Gasteiger partial charge in [-0.1, -0.05) is 17.7 Å². The Morgan fingerprint density at radius 1 is 1.07 bits per heavy atom. The van der Waals surface area contributed by atoms with E-state index in [1.807, 2.05) is 19.1 Å². The van der Waals surface area contributed by atoms with E-state index in [2.05, 4.69) is 21.8 Å². The van der Waals surface area contributed by atoms with Crippen LogP contribution in [0, 0.1) is 23.7 Å². The Kier molecular flexibility index (Phi) is 6.87. The van der Waals surface area contributed by atoms with Gasteiger partial charge in [-0.2, -0.15) is 0 Å². The SMILES string of the molecule is C[C@@H]1CCC2CC2[C@@](C)(O)[C@@H]2CC[C@H]2CN2C[C@@]3(CCCc4cc(Cl)ccc43)COc3ccc(cc32)C(=O)NS1(=O)=O. The number of rotatable bonds is 0. The maximum absolute atomic E-state index is 13.3. The average molecular weight is 613 g/mol. The van der Waals surface area contributed by atoms with Crippen molar-refractivity contribution < 1.29 is 23.1 Å². The number of nitrogens with zero attached hydrogens (tertiary/aromatic N) is 1. The van der Waals surface area contributed by atoms with Crippen LogP contribution in [-0.4, -0.2) is 50.0 Å². The molecule has 2 saturated carbocycles. The van der Waals surface area contributed by atoms with E-state index in [1.54, 1.807) is 19.1 Å². The second-order valence-corrected chi connectivity index (χ2v) is 16.5. The van der Waals surface area contributed by atoms with E-state index in [1.165, 1.54) is 11.1 Å². The molecule has 0 saturated heterocycles. The van der Waals surface area contributed by atoms with E-state index >= 15 is 0 Å². The number of ether oxygens (including phenoxy) is 1. The summed E-state index contributed by atoms with van der Waals surface area (Å²) in [5.41, 5.74) is 2.63. The molecule has 1 spiro atoms. The van der Waals surface area contributed by atoms with Gasteiger partial charge in [-0.3, -0.25) is 4.79 Å². The summed E-state index contributed by atoms with van der Waals surface area (Å²) in [5, 5.41) is 11.9. The smallest absolute Gasteiger partial charge is 0.264 e. The van der Waals surface area contributed by atoms with Crippen molar-refractivity contribution in [3.63, 3.8) is 0 Å². The molecule has 9 heteroatoms. The number of benzene rings is 2. The van der Waals surface area contributed by atoms with Gasteiger partial charge < -0.3 is 14.7 Å². The zero-order chi connectivity index (χ0) is 29.4. The second-order valence-electron chi connectivity index (χ2n) is 13.9. The van der Waals surface area contributed by atoms with Crippen molar-refractivity contribution in [2.24, 2.45) is 23.7 Å². The van der Waals surface area contributed by atoms with Crippen LogP contribution >= 0.6 is 11.6 Å².